The second-order valence-electron chi connectivity index (χ2n) is 6.49. The van der Waals surface area contributed by atoms with Crippen LogP contribution >= 0.6 is 0 Å². The topological polar surface area (TPSA) is 55.1 Å². The fourth-order valence-electron chi connectivity index (χ4n) is 1.99. The van der Waals surface area contributed by atoms with E-state index in [1.54, 1.807) is 0 Å². The lowest BCUT2D eigenvalue weighted by Gasteiger charge is -2.33. The normalized spacial score (nSPS) is 15.1. The van der Waals surface area contributed by atoms with Crippen molar-refractivity contribution in [3.05, 3.63) is 35.9 Å². The summed E-state index contributed by atoms with van der Waals surface area (Å²) < 4.78 is 0. The standard InChI is InChI=1S/C16H26N2O/c1-11(2)13(17)15(19)18-14(16(3,4)5)12-9-7-6-8-10-12/h6-11,13-14H,17H2,1-5H3,(H,18,19). The zero-order valence-corrected chi connectivity index (χ0v) is 12.6. The van der Waals surface area contributed by atoms with E-state index in [0.29, 0.717) is 0 Å². The Morgan fingerprint density at radius 3 is 2.11 bits per heavy atom. The molecule has 0 aliphatic carbocycles. The lowest BCUT2D eigenvalue weighted by Crippen LogP contribution is -2.47. The molecule has 0 heterocycles. The minimum Gasteiger partial charge on any atom is -0.347 e. The van der Waals surface area contributed by atoms with Crippen LogP contribution in [0.15, 0.2) is 30.3 Å². The lowest BCUT2D eigenvalue weighted by atomic mass is 9.82. The van der Waals surface area contributed by atoms with Crippen molar-refractivity contribution in [1.82, 2.24) is 5.32 Å². The van der Waals surface area contributed by atoms with E-state index in [9.17, 15) is 4.79 Å². The first-order chi connectivity index (χ1) is 8.73. The van der Waals surface area contributed by atoms with Crippen LogP contribution in [0.1, 0.15) is 46.2 Å². The molecule has 2 unspecified atom stereocenters. The predicted octanol–water partition coefficient (Wildman–Crippen LogP) is 2.87. The first kappa shape index (κ1) is 15.7. The van der Waals surface area contributed by atoms with Gasteiger partial charge in [0.1, 0.15) is 0 Å². The van der Waals surface area contributed by atoms with Gasteiger partial charge in [-0.05, 0) is 16.9 Å². The van der Waals surface area contributed by atoms with E-state index in [4.69, 9.17) is 5.73 Å². The Labute approximate surface area is 116 Å². The quantitative estimate of drug-likeness (QED) is 0.876. The van der Waals surface area contributed by atoms with Crippen LogP contribution in [-0.4, -0.2) is 11.9 Å². The van der Waals surface area contributed by atoms with Crippen molar-refractivity contribution in [3.8, 4) is 0 Å². The maximum Gasteiger partial charge on any atom is 0.237 e. The molecule has 0 aliphatic heterocycles. The first-order valence-electron chi connectivity index (χ1n) is 6.84. The van der Waals surface area contributed by atoms with Crippen molar-refractivity contribution in [2.45, 2.75) is 46.7 Å². The van der Waals surface area contributed by atoms with Crippen LogP contribution in [0.2, 0.25) is 0 Å². The second-order valence-corrected chi connectivity index (χ2v) is 6.49. The molecule has 0 saturated heterocycles. The number of carbonyl (C=O) groups excluding carboxylic acids is 1. The molecule has 1 amide bonds. The van der Waals surface area contributed by atoms with Gasteiger partial charge in [0.15, 0.2) is 0 Å². The molecule has 106 valence electrons. The molecule has 2 atom stereocenters. The Balaban J connectivity index is 2.93. The molecule has 0 bridgehead atoms. The number of hydrogen-bond donors (Lipinski definition) is 2. The molecular weight excluding hydrogens is 236 g/mol. The highest BCUT2D eigenvalue weighted by atomic mass is 16.2. The molecule has 1 aromatic carbocycles. The highest BCUT2D eigenvalue weighted by Gasteiger charge is 2.29. The van der Waals surface area contributed by atoms with E-state index in [2.05, 4.69) is 26.1 Å². The lowest BCUT2D eigenvalue weighted by molar-refractivity contribution is -0.124. The van der Waals surface area contributed by atoms with E-state index >= 15 is 0 Å². The van der Waals surface area contributed by atoms with E-state index in [1.807, 2.05) is 44.2 Å². The smallest absolute Gasteiger partial charge is 0.237 e. The zero-order chi connectivity index (χ0) is 14.6. The monoisotopic (exact) mass is 262 g/mol. The molecule has 1 aromatic rings. The Bertz CT molecular complexity index is 407. The Kier molecular flexibility index (Phi) is 5.12. The van der Waals surface area contributed by atoms with Crippen LogP contribution in [0.5, 0.6) is 0 Å². The molecule has 19 heavy (non-hydrogen) atoms. The average Bonchev–Trinajstić information content (AvgIpc) is 2.34. The summed E-state index contributed by atoms with van der Waals surface area (Å²) >= 11 is 0. The van der Waals surface area contributed by atoms with Gasteiger partial charge in [-0.15, -0.1) is 0 Å². The Hall–Kier alpha value is -1.35. The van der Waals surface area contributed by atoms with Gasteiger partial charge in [0.05, 0.1) is 12.1 Å². The van der Waals surface area contributed by atoms with Crippen molar-refractivity contribution in [3.63, 3.8) is 0 Å². The van der Waals surface area contributed by atoms with Crippen LogP contribution in [0.3, 0.4) is 0 Å². The molecule has 3 nitrogen and oxygen atoms in total. The highest BCUT2D eigenvalue weighted by molar-refractivity contribution is 5.82. The molecule has 0 saturated carbocycles. The third-order valence-electron chi connectivity index (χ3n) is 3.31. The summed E-state index contributed by atoms with van der Waals surface area (Å²) in [5, 5.41) is 3.09. The Morgan fingerprint density at radius 2 is 1.68 bits per heavy atom. The highest BCUT2D eigenvalue weighted by Crippen LogP contribution is 2.32. The predicted molar refractivity (Wildman–Crippen MR) is 79.6 cm³/mol. The molecule has 1 rings (SSSR count). The van der Waals surface area contributed by atoms with Crippen molar-refractivity contribution in [2.24, 2.45) is 17.1 Å². The molecule has 0 spiro atoms. The molecule has 0 aromatic heterocycles. The van der Waals surface area contributed by atoms with E-state index in [1.165, 1.54) is 0 Å². The number of nitrogens with two attached hydrogens (primary N) is 1. The second kappa shape index (κ2) is 6.20. The van der Waals surface area contributed by atoms with Crippen LogP contribution in [0.4, 0.5) is 0 Å². The molecule has 0 fully saturated rings. The van der Waals surface area contributed by atoms with E-state index in [0.717, 1.165) is 5.56 Å². The SMILES string of the molecule is CC(C)C(N)C(=O)NC(c1ccccc1)C(C)(C)C. The summed E-state index contributed by atoms with van der Waals surface area (Å²) in [6.45, 7) is 10.3. The van der Waals surface area contributed by atoms with Crippen LogP contribution in [0.25, 0.3) is 0 Å². The van der Waals surface area contributed by atoms with Crippen molar-refractivity contribution in [2.75, 3.05) is 0 Å². The minimum atomic E-state index is -0.464. The van der Waals surface area contributed by atoms with Gasteiger partial charge in [-0.25, -0.2) is 0 Å². The molecule has 3 heteroatoms. The van der Waals surface area contributed by atoms with Crippen LogP contribution in [0, 0.1) is 11.3 Å². The summed E-state index contributed by atoms with van der Waals surface area (Å²) in [7, 11) is 0. The van der Waals surface area contributed by atoms with Gasteiger partial charge in [0.2, 0.25) is 5.91 Å². The average molecular weight is 262 g/mol. The largest absolute Gasteiger partial charge is 0.347 e. The number of benzene rings is 1. The van der Waals surface area contributed by atoms with Gasteiger partial charge >= 0.3 is 0 Å². The van der Waals surface area contributed by atoms with E-state index in [-0.39, 0.29) is 23.3 Å². The van der Waals surface area contributed by atoms with Gasteiger partial charge in [0, 0.05) is 0 Å². The van der Waals surface area contributed by atoms with Crippen LogP contribution in [-0.2, 0) is 4.79 Å². The summed E-state index contributed by atoms with van der Waals surface area (Å²) in [6, 6.07) is 9.53. The third kappa shape index (κ3) is 4.35. The van der Waals surface area contributed by atoms with Crippen LogP contribution < -0.4 is 11.1 Å². The third-order valence-corrected chi connectivity index (χ3v) is 3.31. The van der Waals surface area contributed by atoms with Gasteiger partial charge < -0.3 is 11.1 Å². The maximum atomic E-state index is 12.2. The fraction of sp³-hybridized carbons (Fsp3) is 0.562. The van der Waals surface area contributed by atoms with Crippen molar-refractivity contribution in [1.29, 1.82) is 0 Å². The molecule has 0 aliphatic rings. The number of hydrogen-bond acceptors (Lipinski definition) is 2. The first-order valence-corrected chi connectivity index (χ1v) is 6.84. The number of amides is 1. The molecule has 3 N–H and O–H groups in total. The fourth-order valence-corrected chi connectivity index (χ4v) is 1.99. The van der Waals surface area contributed by atoms with Gasteiger partial charge in [0.25, 0.3) is 0 Å². The number of carbonyl (C=O) groups is 1. The van der Waals surface area contributed by atoms with Crippen molar-refractivity contribution >= 4 is 5.91 Å². The summed E-state index contributed by atoms with van der Waals surface area (Å²) in [6.07, 6.45) is 0. The minimum absolute atomic E-state index is 0.0361. The summed E-state index contributed by atoms with van der Waals surface area (Å²) in [5.41, 5.74) is 6.97. The number of rotatable bonds is 4. The zero-order valence-electron chi connectivity index (χ0n) is 12.6. The van der Waals surface area contributed by atoms with Crippen molar-refractivity contribution < 1.29 is 4.79 Å². The molecule has 0 radical (unpaired) electrons. The van der Waals surface area contributed by atoms with Gasteiger partial charge in [-0.2, -0.15) is 0 Å². The maximum absolute atomic E-state index is 12.2. The number of nitrogens with one attached hydrogen (secondary N) is 1. The summed E-state index contributed by atoms with van der Waals surface area (Å²) in [5.74, 6) is 0.0511. The Morgan fingerprint density at radius 1 is 1.16 bits per heavy atom. The van der Waals surface area contributed by atoms with Gasteiger partial charge in [-0.3, -0.25) is 4.79 Å². The summed E-state index contributed by atoms with van der Waals surface area (Å²) in [4.78, 5) is 12.2. The van der Waals surface area contributed by atoms with Gasteiger partial charge in [-0.1, -0.05) is 65.0 Å². The molecular formula is C16H26N2O. The van der Waals surface area contributed by atoms with E-state index < -0.39 is 6.04 Å².